The van der Waals surface area contributed by atoms with Crippen LogP contribution in [-0.2, 0) is 10.1 Å². The molecular weight excluding hydrogens is 507 g/mol. The van der Waals surface area contributed by atoms with Crippen molar-refractivity contribution < 1.29 is 40.8 Å². The van der Waals surface area contributed by atoms with Crippen molar-refractivity contribution in [1.29, 1.82) is 0 Å². The molecule has 3 heterocycles. The number of nitrogens with zero attached hydrogens (tertiary/aromatic N) is 2. The first-order chi connectivity index (χ1) is 16.9. The Morgan fingerprint density at radius 1 is 1.31 bits per heavy atom. The topological polar surface area (TPSA) is 138 Å². The highest BCUT2D eigenvalue weighted by Crippen LogP contribution is 2.43. The SMILES string of the molecule is CS(=O)(=O)O.O=C(O)c1cn2c3c(c(N4C[C@H](CNC5CC5)[C@H](F)C4)c(F)cc3c1=O)OC[C@@H]2CF. The lowest BCUT2D eigenvalue weighted by atomic mass is 10.1. The van der Waals surface area contributed by atoms with Crippen LogP contribution in [0.2, 0.25) is 0 Å². The van der Waals surface area contributed by atoms with Gasteiger partial charge in [0.25, 0.3) is 10.1 Å². The number of nitrogens with one attached hydrogen (secondary N) is 1. The predicted octanol–water partition coefficient (Wildman–Crippen LogP) is 1.77. The summed E-state index contributed by atoms with van der Waals surface area (Å²) in [6.07, 6.45) is 2.79. The van der Waals surface area contributed by atoms with Gasteiger partial charge in [0.05, 0.1) is 23.2 Å². The molecule has 198 valence electrons. The number of anilines is 1. The van der Waals surface area contributed by atoms with E-state index in [2.05, 4.69) is 5.32 Å². The molecule has 1 aliphatic carbocycles. The number of hydrogen-bond acceptors (Lipinski definition) is 7. The van der Waals surface area contributed by atoms with E-state index in [1.54, 1.807) is 4.90 Å². The second-order valence-electron chi connectivity index (χ2n) is 9.23. The summed E-state index contributed by atoms with van der Waals surface area (Å²) in [5, 5.41) is 12.5. The van der Waals surface area contributed by atoms with Crippen LogP contribution in [0.5, 0.6) is 5.75 Å². The van der Waals surface area contributed by atoms with Gasteiger partial charge < -0.3 is 24.6 Å². The molecule has 0 unspecified atom stereocenters. The molecular formula is C22H26F3N3O7S. The van der Waals surface area contributed by atoms with Crippen LogP contribution in [0.25, 0.3) is 10.9 Å². The number of rotatable bonds is 6. The van der Waals surface area contributed by atoms with Gasteiger partial charge >= 0.3 is 5.97 Å². The molecule has 10 nitrogen and oxygen atoms in total. The number of carbonyl (C=O) groups is 1. The molecule has 1 aromatic carbocycles. The Morgan fingerprint density at radius 3 is 2.56 bits per heavy atom. The molecule has 0 spiro atoms. The van der Waals surface area contributed by atoms with E-state index in [0.29, 0.717) is 18.8 Å². The maximum Gasteiger partial charge on any atom is 0.341 e. The Bertz CT molecular complexity index is 1340. The number of aromatic nitrogens is 1. The van der Waals surface area contributed by atoms with Crippen molar-refractivity contribution >= 4 is 32.7 Å². The first-order valence-corrected chi connectivity index (χ1v) is 13.1. The van der Waals surface area contributed by atoms with Crippen LogP contribution in [-0.4, -0.2) is 80.0 Å². The van der Waals surface area contributed by atoms with Gasteiger partial charge in [-0.1, -0.05) is 0 Å². The smallest absolute Gasteiger partial charge is 0.341 e. The number of halogens is 3. The van der Waals surface area contributed by atoms with Crippen molar-refractivity contribution in [3.63, 3.8) is 0 Å². The highest BCUT2D eigenvalue weighted by Gasteiger charge is 2.38. The molecule has 0 bridgehead atoms. The summed E-state index contributed by atoms with van der Waals surface area (Å²) < 4.78 is 76.4. The Hall–Kier alpha value is -2.84. The largest absolute Gasteiger partial charge is 0.487 e. The van der Waals surface area contributed by atoms with Gasteiger partial charge in [-0.05, 0) is 18.9 Å². The Labute approximate surface area is 204 Å². The molecule has 2 fully saturated rings. The number of pyridine rings is 1. The van der Waals surface area contributed by atoms with Crippen LogP contribution in [0.1, 0.15) is 29.2 Å². The monoisotopic (exact) mass is 533 g/mol. The standard InChI is InChI=1S/C21H22F3N3O4.CH4O3S/c22-4-12-9-31-20-17-13(19(28)14(21(29)30)7-27(12)17)3-15(23)18(20)26-6-10(16(24)8-26)5-25-11-1-2-11;1-5(2,3)4/h3,7,10-12,16,25H,1-2,4-6,8-9H2,(H,29,30);1H3,(H,2,3,4)/t10-,12-,16+;/m0./s1. The summed E-state index contributed by atoms with van der Waals surface area (Å²) in [5.41, 5.74) is -1.28. The van der Waals surface area contributed by atoms with E-state index >= 15 is 4.39 Å². The first-order valence-electron chi connectivity index (χ1n) is 11.3. The molecule has 14 heteroatoms. The molecule has 2 aromatic rings. The van der Waals surface area contributed by atoms with Gasteiger partial charge in [0.1, 0.15) is 30.7 Å². The predicted molar refractivity (Wildman–Crippen MR) is 125 cm³/mol. The minimum absolute atomic E-state index is 0.0248. The van der Waals surface area contributed by atoms with Gasteiger partial charge in [-0.2, -0.15) is 8.42 Å². The van der Waals surface area contributed by atoms with E-state index in [4.69, 9.17) is 9.29 Å². The van der Waals surface area contributed by atoms with Crippen molar-refractivity contribution in [2.75, 3.05) is 44.1 Å². The van der Waals surface area contributed by atoms with Crippen LogP contribution in [0.15, 0.2) is 17.1 Å². The average Bonchev–Trinajstić information content (AvgIpc) is 3.54. The highest BCUT2D eigenvalue weighted by atomic mass is 32.2. The summed E-state index contributed by atoms with van der Waals surface area (Å²) in [5.74, 6) is -2.56. The maximum atomic E-state index is 15.2. The van der Waals surface area contributed by atoms with Gasteiger partial charge in [0.15, 0.2) is 11.6 Å². The quantitative estimate of drug-likeness (QED) is 0.474. The fraction of sp³-hybridized carbons (Fsp3) is 0.545. The van der Waals surface area contributed by atoms with E-state index in [1.165, 1.54) is 4.57 Å². The normalized spacial score (nSPS) is 23.2. The van der Waals surface area contributed by atoms with Crippen molar-refractivity contribution in [2.24, 2.45) is 5.92 Å². The Kier molecular flexibility index (Phi) is 7.21. The van der Waals surface area contributed by atoms with Gasteiger partial charge in [-0.15, -0.1) is 0 Å². The zero-order valence-electron chi connectivity index (χ0n) is 19.3. The summed E-state index contributed by atoms with van der Waals surface area (Å²) in [7, 11) is -3.67. The van der Waals surface area contributed by atoms with Gasteiger partial charge in [0.2, 0.25) is 5.43 Å². The zero-order valence-corrected chi connectivity index (χ0v) is 20.1. The lowest BCUT2D eigenvalue weighted by Crippen LogP contribution is -2.32. The second-order valence-corrected chi connectivity index (χ2v) is 10.7. The molecule has 36 heavy (non-hydrogen) atoms. The van der Waals surface area contributed by atoms with Crippen molar-refractivity contribution in [2.45, 2.75) is 31.1 Å². The van der Waals surface area contributed by atoms with Gasteiger partial charge in [-0.25, -0.2) is 18.0 Å². The molecule has 1 aromatic heterocycles. The number of hydrogen-bond donors (Lipinski definition) is 3. The highest BCUT2D eigenvalue weighted by molar-refractivity contribution is 7.85. The molecule has 3 atom stereocenters. The van der Waals surface area contributed by atoms with Crippen LogP contribution >= 0.6 is 0 Å². The van der Waals surface area contributed by atoms with E-state index in [0.717, 1.165) is 25.1 Å². The maximum absolute atomic E-state index is 15.2. The summed E-state index contributed by atoms with van der Waals surface area (Å²) in [4.78, 5) is 25.7. The molecule has 0 radical (unpaired) electrons. The Balaban J connectivity index is 0.000000556. The number of alkyl halides is 2. The molecule has 1 saturated carbocycles. The van der Waals surface area contributed by atoms with Crippen LogP contribution in [0.3, 0.4) is 0 Å². The fourth-order valence-corrected chi connectivity index (χ4v) is 4.51. The van der Waals surface area contributed by atoms with E-state index < -0.39 is 51.8 Å². The first kappa shape index (κ1) is 26.2. The number of aromatic carboxylic acids is 1. The third kappa shape index (κ3) is 5.44. The van der Waals surface area contributed by atoms with Crippen LogP contribution in [0.4, 0.5) is 18.9 Å². The van der Waals surface area contributed by atoms with Gasteiger partial charge in [0, 0.05) is 37.8 Å². The molecule has 5 rings (SSSR count). The molecule has 3 aliphatic rings. The molecule has 2 aliphatic heterocycles. The zero-order chi connectivity index (χ0) is 26.4. The summed E-state index contributed by atoms with van der Waals surface area (Å²) >= 11 is 0. The molecule has 0 amide bonds. The second kappa shape index (κ2) is 9.90. The fourth-order valence-electron chi connectivity index (χ4n) is 4.51. The summed E-state index contributed by atoms with van der Waals surface area (Å²) in [6, 6.07) is 0.528. The van der Waals surface area contributed by atoms with Crippen molar-refractivity contribution in [3.8, 4) is 5.75 Å². The Morgan fingerprint density at radius 2 is 1.97 bits per heavy atom. The van der Waals surface area contributed by atoms with E-state index in [1.807, 2.05) is 0 Å². The van der Waals surface area contributed by atoms with Crippen LogP contribution in [0, 0.1) is 11.7 Å². The third-order valence-corrected chi connectivity index (χ3v) is 6.34. The van der Waals surface area contributed by atoms with E-state index in [-0.39, 0.29) is 48.0 Å². The average molecular weight is 534 g/mol. The van der Waals surface area contributed by atoms with Gasteiger partial charge in [-0.3, -0.25) is 9.35 Å². The third-order valence-electron chi connectivity index (χ3n) is 6.34. The van der Waals surface area contributed by atoms with Crippen molar-refractivity contribution in [3.05, 3.63) is 33.9 Å². The lowest BCUT2D eigenvalue weighted by molar-refractivity contribution is 0.0694. The van der Waals surface area contributed by atoms with Crippen LogP contribution < -0.4 is 20.4 Å². The number of benzene rings is 1. The minimum atomic E-state index is -3.67. The molecule has 3 N–H and O–H groups in total. The number of ether oxygens (including phenoxy) is 1. The number of carboxylic acid groups (broad SMARTS) is 1. The minimum Gasteiger partial charge on any atom is -0.487 e. The van der Waals surface area contributed by atoms with Crippen molar-refractivity contribution in [1.82, 2.24) is 9.88 Å². The number of carboxylic acids is 1. The molecule has 1 saturated heterocycles. The summed E-state index contributed by atoms with van der Waals surface area (Å²) in [6.45, 7) is -0.279. The van der Waals surface area contributed by atoms with E-state index in [9.17, 15) is 31.9 Å². The lowest BCUT2D eigenvalue weighted by Gasteiger charge is -2.31.